The summed E-state index contributed by atoms with van der Waals surface area (Å²) in [6.45, 7) is 0. The van der Waals surface area contributed by atoms with Crippen molar-refractivity contribution in [3.05, 3.63) is 51.7 Å². The highest BCUT2D eigenvalue weighted by atomic mass is 35.5. The van der Waals surface area contributed by atoms with E-state index in [2.05, 4.69) is 15.3 Å². The van der Waals surface area contributed by atoms with Crippen LogP contribution in [0.4, 0.5) is 5.69 Å². The molecule has 0 amide bonds. The van der Waals surface area contributed by atoms with E-state index >= 15 is 0 Å². The third kappa shape index (κ3) is 1.89. The third-order valence-corrected chi connectivity index (χ3v) is 2.78. The number of fused-ring (bicyclic) bond motifs is 1. The normalized spacial score (nSPS) is 10.8. The zero-order valence-electron chi connectivity index (χ0n) is 9.39. The lowest BCUT2D eigenvalue weighted by Gasteiger charge is -2.02. The number of nitro groups is 1. The summed E-state index contributed by atoms with van der Waals surface area (Å²) in [4.78, 5) is 14.5. The first-order valence-corrected chi connectivity index (χ1v) is 5.66. The number of hydrogen-bond donors (Lipinski definition) is 0. The molecule has 3 aromatic rings. The Hall–Kier alpha value is -2.54. The van der Waals surface area contributed by atoms with E-state index in [1.165, 1.54) is 16.8 Å². The van der Waals surface area contributed by atoms with Gasteiger partial charge in [0.25, 0.3) is 0 Å². The molecule has 0 N–H and O–H groups in total. The highest BCUT2D eigenvalue weighted by Crippen LogP contribution is 2.24. The summed E-state index contributed by atoms with van der Waals surface area (Å²) in [6, 6.07) is 9.76. The molecule has 0 saturated carbocycles. The van der Waals surface area contributed by atoms with Crippen LogP contribution in [-0.2, 0) is 0 Å². The molecule has 0 aliphatic rings. The second-order valence-electron chi connectivity index (χ2n) is 3.72. The molecule has 3 rings (SSSR count). The van der Waals surface area contributed by atoms with Gasteiger partial charge in [0.15, 0.2) is 0 Å². The fourth-order valence-corrected chi connectivity index (χ4v) is 1.88. The number of rotatable bonds is 2. The molecular formula is C11H6ClN5O2. The number of nitrogens with zero attached hydrogens (tertiary/aromatic N) is 5. The highest BCUT2D eigenvalue weighted by Gasteiger charge is 2.20. The average molecular weight is 276 g/mol. The predicted octanol–water partition coefficient (Wildman–Crippen LogP) is 2.38. The minimum absolute atomic E-state index is 0.0474. The van der Waals surface area contributed by atoms with Crippen LogP contribution in [-0.4, -0.2) is 24.9 Å². The summed E-state index contributed by atoms with van der Waals surface area (Å²) in [6.07, 6.45) is 0. The maximum Gasteiger partial charge on any atom is 0.313 e. The first-order chi connectivity index (χ1) is 9.16. The summed E-state index contributed by atoms with van der Waals surface area (Å²) in [5.74, 6) is 0.0474. The fourth-order valence-electron chi connectivity index (χ4n) is 1.74. The Morgan fingerprint density at radius 1 is 1.21 bits per heavy atom. The van der Waals surface area contributed by atoms with Crippen LogP contribution in [0, 0.1) is 10.1 Å². The first kappa shape index (κ1) is 11.5. The van der Waals surface area contributed by atoms with Gasteiger partial charge in [0.2, 0.25) is 5.82 Å². The molecule has 0 fully saturated rings. The topological polar surface area (TPSA) is 86.7 Å². The fraction of sp³-hybridized carbons (Fsp3) is 0. The number of para-hydroxylation sites is 1. The van der Waals surface area contributed by atoms with Gasteiger partial charge < -0.3 is 0 Å². The molecule has 2 heterocycles. The molecule has 8 heteroatoms. The molecular weight excluding hydrogens is 270 g/mol. The number of pyridine rings is 1. The van der Waals surface area contributed by atoms with Crippen molar-refractivity contribution in [2.24, 2.45) is 0 Å². The molecule has 94 valence electrons. The lowest BCUT2D eigenvalue weighted by Crippen LogP contribution is -2.04. The second kappa shape index (κ2) is 4.29. The molecule has 7 nitrogen and oxygen atoms in total. The average Bonchev–Trinajstić information content (AvgIpc) is 2.82. The summed E-state index contributed by atoms with van der Waals surface area (Å²) < 4.78 is 1.30. The number of benzene rings is 1. The van der Waals surface area contributed by atoms with E-state index in [4.69, 9.17) is 11.6 Å². The molecule has 2 aromatic heterocycles. The van der Waals surface area contributed by atoms with E-state index in [9.17, 15) is 10.1 Å². The Morgan fingerprint density at radius 3 is 2.79 bits per heavy atom. The summed E-state index contributed by atoms with van der Waals surface area (Å²) in [7, 11) is 0. The van der Waals surface area contributed by atoms with Crippen molar-refractivity contribution < 1.29 is 4.92 Å². The molecule has 0 bridgehead atoms. The second-order valence-corrected chi connectivity index (χ2v) is 4.11. The van der Waals surface area contributed by atoms with Crippen molar-refractivity contribution in [1.29, 1.82) is 0 Å². The first-order valence-electron chi connectivity index (χ1n) is 5.28. The van der Waals surface area contributed by atoms with Gasteiger partial charge in [-0.05, 0) is 18.2 Å². The number of halogens is 1. The zero-order valence-corrected chi connectivity index (χ0v) is 10.2. The van der Waals surface area contributed by atoms with Crippen LogP contribution in [0.5, 0.6) is 0 Å². The van der Waals surface area contributed by atoms with E-state index in [0.29, 0.717) is 11.0 Å². The molecule has 1 aromatic carbocycles. The standard InChI is InChI=1S/C11H6ClN5O2/c12-10-6-5-9(17(18)19)11(13-10)16-8-4-2-1-3-7(8)14-15-16/h1-6H. The van der Waals surface area contributed by atoms with E-state index in [-0.39, 0.29) is 16.7 Å². The summed E-state index contributed by atoms with van der Waals surface area (Å²) >= 11 is 5.79. The van der Waals surface area contributed by atoms with E-state index < -0.39 is 4.92 Å². The van der Waals surface area contributed by atoms with Crippen molar-refractivity contribution in [3.63, 3.8) is 0 Å². The number of hydrogen-bond acceptors (Lipinski definition) is 5. The summed E-state index contributed by atoms with van der Waals surface area (Å²) in [5.41, 5.74) is 1.07. The van der Waals surface area contributed by atoms with Crippen LogP contribution in [0.25, 0.3) is 16.9 Å². The van der Waals surface area contributed by atoms with Crippen LogP contribution in [0.2, 0.25) is 5.15 Å². The largest absolute Gasteiger partial charge is 0.313 e. The van der Waals surface area contributed by atoms with Crippen LogP contribution in [0.3, 0.4) is 0 Å². The van der Waals surface area contributed by atoms with Gasteiger partial charge in [0.05, 0.1) is 10.4 Å². The molecule has 0 unspecified atom stereocenters. The lowest BCUT2D eigenvalue weighted by atomic mass is 10.3. The Labute approximate surface area is 111 Å². The van der Waals surface area contributed by atoms with Crippen molar-refractivity contribution in [2.75, 3.05) is 0 Å². The van der Waals surface area contributed by atoms with Gasteiger partial charge in [0, 0.05) is 6.07 Å². The van der Waals surface area contributed by atoms with Gasteiger partial charge in [-0.3, -0.25) is 10.1 Å². The molecule has 0 spiro atoms. The summed E-state index contributed by atoms with van der Waals surface area (Å²) in [5, 5.41) is 19.0. The van der Waals surface area contributed by atoms with Gasteiger partial charge in [-0.2, -0.15) is 4.68 Å². The van der Waals surface area contributed by atoms with Crippen LogP contribution < -0.4 is 0 Å². The van der Waals surface area contributed by atoms with E-state index in [1.54, 1.807) is 24.3 Å². The quantitative estimate of drug-likeness (QED) is 0.407. The van der Waals surface area contributed by atoms with E-state index in [0.717, 1.165) is 0 Å². The molecule has 0 atom stereocenters. The van der Waals surface area contributed by atoms with Gasteiger partial charge in [-0.25, -0.2) is 4.98 Å². The van der Waals surface area contributed by atoms with Crippen LogP contribution in [0.15, 0.2) is 36.4 Å². The monoisotopic (exact) mass is 275 g/mol. The zero-order chi connectivity index (χ0) is 13.4. The Kier molecular flexibility index (Phi) is 2.60. The lowest BCUT2D eigenvalue weighted by molar-refractivity contribution is -0.384. The van der Waals surface area contributed by atoms with Gasteiger partial charge in [-0.1, -0.05) is 28.9 Å². The third-order valence-electron chi connectivity index (χ3n) is 2.57. The molecule has 0 radical (unpaired) electrons. The minimum Gasteiger partial charge on any atom is -0.258 e. The molecule has 0 aliphatic heterocycles. The van der Waals surface area contributed by atoms with Crippen LogP contribution >= 0.6 is 11.6 Å². The Bertz CT molecular complexity index is 786. The predicted molar refractivity (Wildman–Crippen MR) is 68.3 cm³/mol. The highest BCUT2D eigenvalue weighted by molar-refractivity contribution is 6.29. The molecule has 0 aliphatic carbocycles. The maximum atomic E-state index is 11.0. The van der Waals surface area contributed by atoms with Crippen molar-refractivity contribution >= 4 is 28.3 Å². The van der Waals surface area contributed by atoms with Gasteiger partial charge >= 0.3 is 5.69 Å². The smallest absolute Gasteiger partial charge is 0.258 e. The maximum absolute atomic E-state index is 11.0. The SMILES string of the molecule is O=[N+]([O-])c1ccc(Cl)nc1-n1nnc2ccccc21. The molecule has 0 saturated heterocycles. The number of aromatic nitrogens is 4. The van der Waals surface area contributed by atoms with Crippen LogP contribution in [0.1, 0.15) is 0 Å². The Balaban J connectivity index is 2.32. The van der Waals surface area contributed by atoms with Crippen molar-refractivity contribution in [2.45, 2.75) is 0 Å². The van der Waals surface area contributed by atoms with Crippen molar-refractivity contribution in [1.82, 2.24) is 20.0 Å². The van der Waals surface area contributed by atoms with Gasteiger partial charge in [-0.15, -0.1) is 5.10 Å². The van der Waals surface area contributed by atoms with E-state index in [1.807, 2.05) is 0 Å². The Morgan fingerprint density at radius 2 is 2.00 bits per heavy atom. The van der Waals surface area contributed by atoms with Crippen molar-refractivity contribution in [3.8, 4) is 5.82 Å². The minimum atomic E-state index is -0.533. The molecule has 19 heavy (non-hydrogen) atoms. The van der Waals surface area contributed by atoms with Gasteiger partial charge in [0.1, 0.15) is 10.7 Å².